The number of likely N-dealkylation sites (N-methyl/N-ethyl adjacent to an activating group) is 2. The van der Waals surface area contributed by atoms with E-state index in [4.69, 9.17) is 0 Å². The largest absolute Gasteiger partial charge is 0.332 e. The standard InChI is InChI=1S/C8H14N2O2/c1-3-9-5-8(12)10(4-2)6-7(9)11/h3-6H2,1-2H3. The van der Waals surface area contributed by atoms with Gasteiger partial charge in [0, 0.05) is 13.1 Å². The molecule has 0 atom stereocenters. The summed E-state index contributed by atoms with van der Waals surface area (Å²) < 4.78 is 0. The fourth-order valence-corrected chi connectivity index (χ4v) is 1.28. The summed E-state index contributed by atoms with van der Waals surface area (Å²) in [5.74, 6) is 0.109. The molecule has 68 valence electrons. The number of piperazine rings is 1. The highest BCUT2D eigenvalue weighted by molar-refractivity contribution is 5.92. The van der Waals surface area contributed by atoms with Crippen molar-refractivity contribution in [1.29, 1.82) is 0 Å². The summed E-state index contributed by atoms with van der Waals surface area (Å²) in [7, 11) is 0. The van der Waals surface area contributed by atoms with Crippen molar-refractivity contribution in [2.75, 3.05) is 26.2 Å². The van der Waals surface area contributed by atoms with Crippen molar-refractivity contribution in [3.63, 3.8) is 0 Å². The van der Waals surface area contributed by atoms with Crippen LogP contribution in [0.3, 0.4) is 0 Å². The summed E-state index contributed by atoms with van der Waals surface area (Å²) in [6, 6.07) is 0. The first-order chi connectivity index (χ1) is 5.69. The van der Waals surface area contributed by atoms with Gasteiger partial charge >= 0.3 is 0 Å². The SMILES string of the molecule is CCN1CC(=O)N(CC)CC1=O. The highest BCUT2D eigenvalue weighted by Gasteiger charge is 2.27. The van der Waals surface area contributed by atoms with Crippen molar-refractivity contribution >= 4 is 11.8 Å². The van der Waals surface area contributed by atoms with Gasteiger partial charge in [-0.05, 0) is 13.8 Å². The van der Waals surface area contributed by atoms with Gasteiger partial charge in [-0.25, -0.2) is 0 Å². The average molecular weight is 170 g/mol. The summed E-state index contributed by atoms with van der Waals surface area (Å²) in [5, 5.41) is 0. The molecule has 0 aromatic heterocycles. The quantitative estimate of drug-likeness (QED) is 0.570. The van der Waals surface area contributed by atoms with Crippen LogP contribution in [0.4, 0.5) is 0 Å². The van der Waals surface area contributed by atoms with Gasteiger partial charge in [-0.15, -0.1) is 0 Å². The molecule has 1 aliphatic rings. The van der Waals surface area contributed by atoms with Crippen LogP contribution in [0.5, 0.6) is 0 Å². The van der Waals surface area contributed by atoms with Crippen molar-refractivity contribution < 1.29 is 9.59 Å². The minimum Gasteiger partial charge on any atom is -0.332 e. The smallest absolute Gasteiger partial charge is 0.242 e. The molecule has 1 fully saturated rings. The van der Waals surface area contributed by atoms with Crippen molar-refractivity contribution in [2.24, 2.45) is 0 Å². The molecule has 2 amide bonds. The van der Waals surface area contributed by atoms with Crippen molar-refractivity contribution in [3.05, 3.63) is 0 Å². The first-order valence-corrected chi connectivity index (χ1v) is 4.24. The van der Waals surface area contributed by atoms with Gasteiger partial charge in [0.05, 0.1) is 13.1 Å². The predicted octanol–water partition coefficient (Wildman–Crippen LogP) is -0.303. The third-order valence-electron chi connectivity index (χ3n) is 2.12. The lowest BCUT2D eigenvalue weighted by molar-refractivity contribution is -0.149. The molecule has 0 bridgehead atoms. The lowest BCUT2D eigenvalue weighted by atomic mass is 10.3. The van der Waals surface area contributed by atoms with Crippen LogP contribution in [-0.2, 0) is 9.59 Å². The topological polar surface area (TPSA) is 40.6 Å². The molecule has 12 heavy (non-hydrogen) atoms. The van der Waals surface area contributed by atoms with Crippen LogP contribution < -0.4 is 0 Å². The van der Waals surface area contributed by atoms with Gasteiger partial charge in [-0.2, -0.15) is 0 Å². The van der Waals surface area contributed by atoms with E-state index in [-0.39, 0.29) is 24.9 Å². The molecule has 0 unspecified atom stereocenters. The van der Waals surface area contributed by atoms with Crippen molar-refractivity contribution in [2.45, 2.75) is 13.8 Å². The predicted molar refractivity (Wildman–Crippen MR) is 44.5 cm³/mol. The Morgan fingerprint density at radius 1 is 1.00 bits per heavy atom. The molecule has 0 aliphatic carbocycles. The van der Waals surface area contributed by atoms with Gasteiger partial charge in [0.25, 0.3) is 0 Å². The van der Waals surface area contributed by atoms with Crippen molar-refractivity contribution in [1.82, 2.24) is 9.80 Å². The fraction of sp³-hybridized carbons (Fsp3) is 0.750. The second kappa shape index (κ2) is 3.56. The van der Waals surface area contributed by atoms with Gasteiger partial charge < -0.3 is 9.80 Å². The summed E-state index contributed by atoms with van der Waals surface area (Å²) >= 11 is 0. The van der Waals surface area contributed by atoms with E-state index in [0.29, 0.717) is 13.1 Å². The van der Waals surface area contributed by atoms with E-state index in [1.54, 1.807) is 9.80 Å². The lowest BCUT2D eigenvalue weighted by Gasteiger charge is -2.32. The number of rotatable bonds is 2. The highest BCUT2D eigenvalue weighted by Crippen LogP contribution is 2.03. The minimum atomic E-state index is 0.0546. The van der Waals surface area contributed by atoms with E-state index in [0.717, 1.165) is 0 Å². The maximum absolute atomic E-state index is 11.3. The summed E-state index contributed by atoms with van der Waals surface area (Å²) in [6.07, 6.45) is 0. The number of hydrogen-bond acceptors (Lipinski definition) is 2. The first kappa shape index (κ1) is 9.03. The Morgan fingerprint density at radius 3 is 1.58 bits per heavy atom. The van der Waals surface area contributed by atoms with Crippen LogP contribution in [0.1, 0.15) is 13.8 Å². The molecular formula is C8H14N2O2. The fourth-order valence-electron chi connectivity index (χ4n) is 1.28. The Balaban J connectivity index is 2.61. The summed E-state index contributed by atoms with van der Waals surface area (Å²) in [6.45, 7) is 5.52. The van der Waals surface area contributed by atoms with Crippen LogP contribution in [0.25, 0.3) is 0 Å². The molecule has 0 N–H and O–H groups in total. The minimum absolute atomic E-state index is 0.0546. The van der Waals surface area contributed by atoms with Crippen LogP contribution in [-0.4, -0.2) is 47.8 Å². The normalized spacial score (nSPS) is 18.8. The second-order valence-corrected chi connectivity index (χ2v) is 2.82. The van der Waals surface area contributed by atoms with Gasteiger partial charge in [0.1, 0.15) is 0 Å². The van der Waals surface area contributed by atoms with Crippen LogP contribution in [0, 0.1) is 0 Å². The first-order valence-electron chi connectivity index (χ1n) is 4.24. The highest BCUT2D eigenvalue weighted by atomic mass is 16.2. The molecule has 0 spiro atoms. The zero-order valence-corrected chi connectivity index (χ0v) is 7.54. The van der Waals surface area contributed by atoms with Gasteiger partial charge in [-0.1, -0.05) is 0 Å². The molecule has 1 heterocycles. The number of hydrogen-bond donors (Lipinski definition) is 0. The molecule has 4 heteroatoms. The molecule has 1 saturated heterocycles. The molecule has 0 aromatic rings. The number of carbonyl (C=O) groups excluding carboxylic acids is 2. The average Bonchev–Trinajstić information content (AvgIpc) is 2.08. The molecule has 1 rings (SSSR count). The summed E-state index contributed by atoms with van der Waals surface area (Å²) in [4.78, 5) is 25.7. The number of nitrogens with zero attached hydrogens (tertiary/aromatic N) is 2. The third-order valence-corrected chi connectivity index (χ3v) is 2.12. The van der Waals surface area contributed by atoms with E-state index in [9.17, 15) is 9.59 Å². The number of carbonyl (C=O) groups is 2. The van der Waals surface area contributed by atoms with Gasteiger partial charge in [-0.3, -0.25) is 9.59 Å². The molecule has 0 saturated carbocycles. The Morgan fingerprint density at radius 2 is 1.33 bits per heavy atom. The molecular weight excluding hydrogens is 156 g/mol. The third kappa shape index (κ3) is 1.57. The van der Waals surface area contributed by atoms with E-state index in [1.807, 2.05) is 13.8 Å². The molecule has 0 radical (unpaired) electrons. The Bertz CT molecular complexity index is 181. The van der Waals surface area contributed by atoms with Crippen LogP contribution >= 0.6 is 0 Å². The Labute approximate surface area is 72.1 Å². The van der Waals surface area contributed by atoms with Crippen molar-refractivity contribution in [3.8, 4) is 0 Å². The second-order valence-electron chi connectivity index (χ2n) is 2.82. The van der Waals surface area contributed by atoms with Gasteiger partial charge in [0.15, 0.2) is 0 Å². The molecule has 0 aromatic carbocycles. The van der Waals surface area contributed by atoms with E-state index in [2.05, 4.69) is 0 Å². The Kier molecular flexibility index (Phi) is 2.68. The zero-order valence-electron chi connectivity index (χ0n) is 7.54. The maximum atomic E-state index is 11.3. The summed E-state index contributed by atoms with van der Waals surface area (Å²) in [5.41, 5.74) is 0. The monoisotopic (exact) mass is 170 g/mol. The molecule has 1 aliphatic heterocycles. The van der Waals surface area contributed by atoms with E-state index < -0.39 is 0 Å². The zero-order chi connectivity index (χ0) is 9.14. The van der Waals surface area contributed by atoms with Crippen LogP contribution in [0.15, 0.2) is 0 Å². The van der Waals surface area contributed by atoms with Crippen LogP contribution in [0.2, 0.25) is 0 Å². The lowest BCUT2D eigenvalue weighted by Crippen LogP contribution is -2.53. The number of amides is 2. The van der Waals surface area contributed by atoms with Gasteiger partial charge in [0.2, 0.25) is 11.8 Å². The Hall–Kier alpha value is -1.06. The van der Waals surface area contributed by atoms with E-state index >= 15 is 0 Å². The maximum Gasteiger partial charge on any atom is 0.242 e. The van der Waals surface area contributed by atoms with E-state index in [1.165, 1.54) is 0 Å². The molecule has 4 nitrogen and oxygen atoms in total.